The van der Waals surface area contributed by atoms with Gasteiger partial charge >= 0.3 is 5.97 Å². The first-order valence-electron chi connectivity index (χ1n) is 13.7. The van der Waals surface area contributed by atoms with Crippen molar-refractivity contribution in [2.75, 3.05) is 6.54 Å². The van der Waals surface area contributed by atoms with Crippen LogP contribution in [0.5, 0.6) is 5.75 Å². The van der Waals surface area contributed by atoms with Crippen molar-refractivity contribution in [3.63, 3.8) is 0 Å². The molecule has 0 aliphatic heterocycles. The van der Waals surface area contributed by atoms with Gasteiger partial charge in [0, 0.05) is 36.5 Å². The molecule has 230 valence electrons. The molecule has 2 aromatic carbocycles. The minimum Gasteiger partial charge on any atom is -0.508 e. The summed E-state index contributed by atoms with van der Waals surface area (Å²) in [6.45, 7) is 1.73. The number of guanidine groups is 1. The highest BCUT2D eigenvalue weighted by Gasteiger charge is 2.29. The number of hydrogen-bond acceptors (Lipinski definition) is 7. The van der Waals surface area contributed by atoms with E-state index in [4.69, 9.17) is 17.2 Å². The van der Waals surface area contributed by atoms with E-state index in [2.05, 4.69) is 25.9 Å². The number of H-pyrrole nitrogens is 1. The summed E-state index contributed by atoms with van der Waals surface area (Å²) in [5, 5.41) is 28.0. The van der Waals surface area contributed by atoms with Crippen molar-refractivity contribution in [3.8, 4) is 5.75 Å². The molecule has 14 nitrogen and oxygen atoms in total. The number of aliphatic imine (C=N–C) groups is 1. The fourth-order valence-corrected chi connectivity index (χ4v) is 4.40. The molecule has 12 N–H and O–H groups in total. The number of para-hydroxylation sites is 1. The number of carboxylic acid groups (broad SMARTS) is 1. The quantitative estimate of drug-likeness (QED) is 0.0629. The number of benzene rings is 2. The number of carbonyl (C=O) groups excluding carboxylic acids is 3. The summed E-state index contributed by atoms with van der Waals surface area (Å²) in [5.74, 6) is -3.28. The van der Waals surface area contributed by atoms with Crippen molar-refractivity contribution in [2.45, 2.75) is 56.8 Å². The molecule has 1 aromatic heterocycles. The predicted molar refractivity (Wildman–Crippen MR) is 161 cm³/mol. The zero-order chi connectivity index (χ0) is 31.5. The molecule has 0 bridgehead atoms. The highest BCUT2D eigenvalue weighted by atomic mass is 16.4. The van der Waals surface area contributed by atoms with Gasteiger partial charge in [-0.15, -0.1) is 0 Å². The zero-order valence-corrected chi connectivity index (χ0v) is 23.7. The maximum absolute atomic E-state index is 13.4. The van der Waals surface area contributed by atoms with Gasteiger partial charge in [0.05, 0.1) is 6.04 Å². The van der Waals surface area contributed by atoms with Crippen LogP contribution in [-0.2, 0) is 32.0 Å². The lowest BCUT2D eigenvalue weighted by atomic mass is 10.0. The average Bonchev–Trinajstić information content (AvgIpc) is 3.37. The van der Waals surface area contributed by atoms with E-state index in [1.807, 2.05) is 24.3 Å². The fraction of sp³-hybridized carbons (Fsp3) is 0.345. The van der Waals surface area contributed by atoms with Crippen molar-refractivity contribution >= 4 is 40.6 Å². The van der Waals surface area contributed by atoms with Gasteiger partial charge in [-0.2, -0.15) is 0 Å². The maximum Gasteiger partial charge on any atom is 0.326 e. The van der Waals surface area contributed by atoms with Crippen LogP contribution in [0.2, 0.25) is 0 Å². The lowest BCUT2D eigenvalue weighted by Crippen LogP contribution is -2.57. The molecule has 0 aliphatic rings. The molecule has 0 fully saturated rings. The third-order valence-electron chi connectivity index (χ3n) is 6.78. The molecule has 14 heteroatoms. The number of carboxylic acids is 1. The SMILES string of the molecule is CC(NC(=O)C(N)CCCN=C(N)N)C(=O)NC(Cc1ccc(O)cc1)C(=O)NC(Cc1c[nH]c2ccccc12)C(=O)O. The topological polar surface area (TPSA) is 251 Å². The number of aromatic hydroxyl groups is 1. The summed E-state index contributed by atoms with van der Waals surface area (Å²) < 4.78 is 0. The van der Waals surface area contributed by atoms with Crippen molar-refractivity contribution in [1.29, 1.82) is 0 Å². The van der Waals surface area contributed by atoms with Gasteiger partial charge in [-0.05, 0) is 49.1 Å². The van der Waals surface area contributed by atoms with Gasteiger partial charge in [0.1, 0.15) is 23.9 Å². The molecule has 0 aliphatic carbocycles. The second-order valence-electron chi connectivity index (χ2n) is 10.2. The first kappa shape index (κ1) is 32.4. The molecule has 4 atom stereocenters. The van der Waals surface area contributed by atoms with E-state index in [-0.39, 0.29) is 31.0 Å². The Morgan fingerprint density at radius 3 is 2.26 bits per heavy atom. The number of nitrogens with one attached hydrogen (secondary N) is 4. The van der Waals surface area contributed by atoms with Crippen LogP contribution in [0.4, 0.5) is 0 Å². The molecular formula is C29H38N8O6. The number of fused-ring (bicyclic) bond motifs is 1. The van der Waals surface area contributed by atoms with Crippen molar-refractivity contribution < 1.29 is 29.4 Å². The number of rotatable bonds is 15. The van der Waals surface area contributed by atoms with Crippen molar-refractivity contribution in [3.05, 3.63) is 65.9 Å². The lowest BCUT2D eigenvalue weighted by Gasteiger charge is -2.24. The van der Waals surface area contributed by atoms with Crippen LogP contribution in [0.1, 0.15) is 30.9 Å². The van der Waals surface area contributed by atoms with Gasteiger partial charge in [-0.3, -0.25) is 19.4 Å². The number of aliphatic carboxylic acids is 1. The molecule has 3 rings (SSSR count). The summed E-state index contributed by atoms with van der Waals surface area (Å²) in [6, 6.07) is 8.94. The minimum absolute atomic E-state index is 0.00149. The average molecular weight is 595 g/mol. The molecule has 43 heavy (non-hydrogen) atoms. The fourth-order valence-electron chi connectivity index (χ4n) is 4.40. The first-order valence-corrected chi connectivity index (χ1v) is 13.7. The molecule has 0 saturated carbocycles. The van der Waals surface area contributed by atoms with Crippen LogP contribution in [0.25, 0.3) is 10.9 Å². The Kier molecular flexibility index (Phi) is 11.5. The van der Waals surface area contributed by atoms with Crippen LogP contribution in [0.15, 0.2) is 59.7 Å². The Labute approximate surface area is 248 Å². The normalized spacial score (nSPS) is 13.7. The second kappa shape index (κ2) is 15.2. The Morgan fingerprint density at radius 1 is 0.907 bits per heavy atom. The summed E-state index contributed by atoms with van der Waals surface area (Å²) in [6.07, 6.45) is 2.40. The summed E-state index contributed by atoms with van der Waals surface area (Å²) in [7, 11) is 0. The van der Waals surface area contributed by atoms with Crippen molar-refractivity contribution in [2.24, 2.45) is 22.2 Å². The van der Waals surface area contributed by atoms with Crippen LogP contribution in [0.3, 0.4) is 0 Å². The van der Waals surface area contributed by atoms with E-state index in [0.717, 1.165) is 10.9 Å². The van der Waals surface area contributed by atoms with Crippen LogP contribution in [0, 0.1) is 0 Å². The molecule has 0 saturated heterocycles. The van der Waals surface area contributed by atoms with Gasteiger partial charge < -0.3 is 48.3 Å². The monoisotopic (exact) mass is 594 g/mol. The van der Waals surface area contributed by atoms with Crippen molar-refractivity contribution in [1.82, 2.24) is 20.9 Å². The van der Waals surface area contributed by atoms with E-state index < -0.39 is 47.9 Å². The van der Waals surface area contributed by atoms with Gasteiger partial charge in [0.2, 0.25) is 17.7 Å². The van der Waals surface area contributed by atoms with E-state index in [9.17, 15) is 29.4 Å². The van der Waals surface area contributed by atoms with Crippen LogP contribution in [-0.4, -0.2) is 75.6 Å². The van der Waals surface area contributed by atoms with E-state index >= 15 is 0 Å². The van der Waals surface area contributed by atoms with Crippen LogP contribution >= 0.6 is 0 Å². The maximum atomic E-state index is 13.4. The Hall–Kier alpha value is -5.11. The highest BCUT2D eigenvalue weighted by Crippen LogP contribution is 2.19. The number of phenolic OH excluding ortho intramolecular Hbond substituents is 1. The second-order valence-corrected chi connectivity index (χ2v) is 10.2. The summed E-state index contributed by atoms with van der Waals surface area (Å²) >= 11 is 0. The molecular weight excluding hydrogens is 556 g/mol. The third-order valence-corrected chi connectivity index (χ3v) is 6.78. The minimum atomic E-state index is -1.29. The number of amides is 3. The molecule has 1 heterocycles. The van der Waals surface area contributed by atoms with E-state index in [0.29, 0.717) is 24.1 Å². The number of nitrogens with zero attached hydrogens (tertiary/aromatic N) is 1. The number of phenols is 1. The Balaban J connectivity index is 1.69. The standard InChI is InChI=1S/C29H38N8O6/c1-16(35-26(40)21(30)6-4-12-33-29(31)32)25(39)36-23(13-17-8-10-19(38)11-9-17)27(41)37-24(28(42)43)14-18-15-34-22-7-3-2-5-20(18)22/h2-3,5,7-11,15-16,21,23-24,34,38H,4,6,12-14,30H2,1H3,(H,35,40)(H,36,39)(H,37,41)(H,42,43)(H4,31,32,33). The summed E-state index contributed by atoms with van der Waals surface area (Å²) in [4.78, 5) is 58.1. The molecule has 3 aromatic rings. The zero-order valence-electron chi connectivity index (χ0n) is 23.7. The smallest absolute Gasteiger partial charge is 0.326 e. The van der Waals surface area contributed by atoms with Crippen LogP contribution < -0.4 is 33.2 Å². The third kappa shape index (κ3) is 9.74. The first-order chi connectivity index (χ1) is 20.4. The highest BCUT2D eigenvalue weighted by molar-refractivity contribution is 5.94. The van der Waals surface area contributed by atoms with E-state index in [1.54, 1.807) is 18.3 Å². The molecule has 0 radical (unpaired) electrons. The number of hydrogen-bond donors (Lipinski definition) is 9. The molecule has 4 unspecified atom stereocenters. The summed E-state index contributed by atoms with van der Waals surface area (Å²) in [5.41, 5.74) is 18.6. The van der Waals surface area contributed by atoms with Gasteiger partial charge in [0.25, 0.3) is 0 Å². The number of aromatic nitrogens is 1. The lowest BCUT2D eigenvalue weighted by molar-refractivity contribution is -0.142. The number of carbonyl (C=O) groups is 4. The molecule has 3 amide bonds. The number of nitrogens with two attached hydrogens (primary N) is 3. The van der Waals surface area contributed by atoms with Gasteiger partial charge in [-0.1, -0.05) is 30.3 Å². The van der Waals surface area contributed by atoms with Gasteiger partial charge in [0.15, 0.2) is 5.96 Å². The van der Waals surface area contributed by atoms with Gasteiger partial charge in [-0.25, -0.2) is 4.79 Å². The van der Waals surface area contributed by atoms with E-state index in [1.165, 1.54) is 19.1 Å². The Morgan fingerprint density at radius 2 is 1.58 bits per heavy atom. The molecule has 0 spiro atoms. The largest absolute Gasteiger partial charge is 0.508 e. The predicted octanol–water partition coefficient (Wildman–Crippen LogP) is -0.401. The Bertz CT molecular complexity index is 1450. The number of aromatic amines is 1.